The van der Waals surface area contributed by atoms with Crippen LogP contribution in [0.2, 0.25) is 0 Å². The van der Waals surface area contributed by atoms with Gasteiger partial charge in [0.15, 0.2) is 23.9 Å². The summed E-state index contributed by atoms with van der Waals surface area (Å²) in [4.78, 5) is 40.0. The third-order valence-corrected chi connectivity index (χ3v) is 7.67. The summed E-state index contributed by atoms with van der Waals surface area (Å²) in [7, 11) is 0. The number of amides is 3. The van der Waals surface area contributed by atoms with Crippen molar-refractivity contribution in [3.63, 3.8) is 0 Å². The van der Waals surface area contributed by atoms with Crippen molar-refractivity contribution in [2.45, 2.75) is 83.8 Å². The van der Waals surface area contributed by atoms with Gasteiger partial charge in [-0.25, -0.2) is 13.9 Å². The fraction of sp³-hybridized carbons (Fsp3) is 0.424. The van der Waals surface area contributed by atoms with Crippen molar-refractivity contribution in [1.29, 1.82) is 0 Å². The van der Waals surface area contributed by atoms with E-state index in [-0.39, 0.29) is 23.8 Å². The van der Waals surface area contributed by atoms with Gasteiger partial charge in [0.2, 0.25) is 12.1 Å². The topological polar surface area (TPSA) is 109 Å². The molecule has 3 amide bonds. The normalized spacial score (nSPS) is 15.8. The number of ether oxygens (including phenoxy) is 1. The van der Waals surface area contributed by atoms with Crippen molar-refractivity contribution in [2.75, 3.05) is 5.32 Å². The second-order valence-electron chi connectivity index (χ2n) is 12.7. The van der Waals surface area contributed by atoms with Crippen molar-refractivity contribution < 1.29 is 41.2 Å². The Labute approximate surface area is 269 Å². The van der Waals surface area contributed by atoms with Gasteiger partial charge in [0.25, 0.3) is 5.91 Å². The van der Waals surface area contributed by atoms with Crippen LogP contribution >= 0.6 is 0 Å². The maximum absolute atomic E-state index is 15.1. The van der Waals surface area contributed by atoms with E-state index in [0.29, 0.717) is 36.8 Å². The largest absolute Gasteiger partial charge is 0.444 e. The number of alkyl halides is 3. The number of benzene rings is 1. The Morgan fingerprint density at radius 3 is 2.60 bits per heavy atom. The first kappa shape index (κ1) is 33.6. The minimum Gasteiger partial charge on any atom is -0.444 e. The lowest BCUT2D eigenvalue weighted by Gasteiger charge is -2.27. The van der Waals surface area contributed by atoms with E-state index in [9.17, 15) is 27.6 Å². The number of alkyl carbamates (subject to hydrolysis) is 1. The molecule has 10 nitrogen and oxygen atoms in total. The van der Waals surface area contributed by atoms with Crippen LogP contribution in [0.1, 0.15) is 87.2 Å². The zero-order chi connectivity index (χ0) is 33.9. The van der Waals surface area contributed by atoms with Crippen molar-refractivity contribution >= 4 is 23.6 Å². The molecular weight excluding hydrogens is 620 g/mol. The first-order chi connectivity index (χ1) is 22.2. The number of hydrogen-bond donors (Lipinski definition) is 2. The molecule has 1 unspecified atom stereocenters. The molecule has 47 heavy (non-hydrogen) atoms. The van der Waals surface area contributed by atoms with Gasteiger partial charge < -0.3 is 15.4 Å². The number of anilines is 1. The van der Waals surface area contributed by atoms with Crippen molar-refractivity contribution in [3.8, 4) is 5.69 Å². The predicted octanol–water partition coefficient (Wildman–Crippen LogP) is 6.42. The second-order valence-corrected chi connectivity index (χ2v) is 12.7. The highest BCUT2D eigenvalue weighted by Gasteiger charge is 2.37. The maximum atomic E-state index is 15.1. The zero-order valence-corrected chi connectivity index (χ0v) is 26.3. The molecule has 250 valence electrons. The third-order valence-electron chi connectivity index (χ3n) is 7.67. The predicted molar refractivity (Wildman–Crippen MR) is 162 cm³/mol. The molecule has 2 aliphatic rings. The number of carbonyl (C=O) groups is 3. The van der Waals surface area contributed by atoms with E-state index in [1.807, 2.05) is 6.08 Å². The number of halogens is 4. The standard InChI is InChI=1S/C33H36F4N6O4/c1-32(2,3)47-31(46)38-19-22-7-6-8-23(17-22)43-26(18-27(40-43)33(35,36)37)30(45)39-25-20-41(16-14-24(25)34)28(13-12-21-10-11-21)42-15-5-4-9-29(42)44/h5-8,14-18,20-21,28H,4,9-13,19H2,1-3H3,(H-,38,39,45,46)/p+1. The first-order valence-electron chi connectivity index (χ1n) is 15.4. The minimum absolute atomic E-state index is 0.0104. The summed E-state index contributed by atoms with van der Waals surface area (Å²) in [5.41, 5.74) is -2.22. The molecule has 1 aliphatic carbocycles. The highest BCUT2D eigenvalue weighted by atomic mass is 19.4. The molecule has 1 aliphatic heterocycles. The van der Waals surface area contributed by atoms with E-state index in [1.165, 1.54) is 30.6 Å². The van der Waals surface area contributed by atoms with Crippen LogP contribution in [-0.4, -0.2) is 38.2 Å². The van der Waals surface area contributed by atoms with Gasteiger partial charge in [0, 0.05) is 37.7 Å². The fourth-order valence-corrected chi connectivity index (χ4v) is 5.22. The summed E-state index contributed by atoms with van der Waals surface area (Å²) in [5, 5.41) is 8.63. The molecule has 1 saturated carbocycles. The molecule has 0 radical (unpaired) electrons. The summed E-state index contributed by atoms with van der Waals surface area (Å²) >= 11 is 0. The number of carbonyl (C=O) groups excluding carboxylic acids is 3. The number of hydrogen-bond acceptors (Lipinski definition) is 5. The lowest BCUT2D eigenvalue weighted by atomic mass is 10.1. The average molecular weight is 658 g/mol. The van der Waals surface area contributed by atoms with Crippen molar-refractivity contribution in [3.05, 3.63) is 83.8 Å². The SMILES string of the molecule is CC(C)(C)OC(=O)NCc1cccc(-n2nc(C(F)(F)F)cc2C(=O)Nc2c[n+](C(CCC3CC3)N3C=CCCC3=O)ccc2F)c1. The van der Waals surface area contributed by atoms with Crippen LogP contribution in [0, 0.1) is 11.7 Å². The molecule has 14 heteroatoms. The number of aromatic nitrogens is 3. The Kier molecular flexibility index (Phi) is 9.68. The molecule has 0 bridgehead atoms. The van der Waals surface area contributed by atoms with Gasteiger partial charge in [-0.05, 0) is 57.2 Å². The molecule has 3 aromatic rings. The van der Waals surface area contributed by atoms with Gasteiger partial charge in [-0.1, -0.05) is 31.1 Å². The highest BCUT2D eigenvalue weighted by molar-refractivity contribution is 6.03. The number of pyridine rings is 1. The number of nitrogens with zero attached hydrogens (tertiary/aromatic N) is 4. The molecule has 2 aromatic heterocycles. The van der Waals surface area contributed by atoms with E-state index >= 15 is 4.39 Å². The molecule has 1 fully saturated rings. The average Bonchev–Trinajstić information content (AvgIpc) is 3.71. The summed E-state index contributed by atoms with van der Waals surface area (Å²) in [6, 6.07) is 7.81. The summed E-state index contributed by atoms with van der Waals surface area (Å²) in [5.74, 6) is -1.36. The molecule has 1 aromatic carbocycles. The van der Waals surface area contributed by atoms with Crippen LogP contribution in [0.3, 0.4) is 0 Å². The molecule has 5 rings (SSSR count). The number of allylic oxidation sites excluding steroid dienone is 1. The fourth-order valence-electron chi connectivity index (χ4n) is 5.22. The summed E-state index contributed by atoms with van der Waals surface area (Å²) in [6.45, 7) is 5.11. The van der Waals surface area contributed by atoms with Crippen LogP contribution in [0.4, 0.5) is 28.0 Å². The van der Waals surface area contributed by atoms with Gasteiger partial charge in [-0.3, -0.25) is 14.5 Å². The Balaban J connectivity index is 1.42. The van der Waals surface area contributed by atoms with Gasteiger partial charge >= 0.3 is 12.3 Å². The maximum Gasteiger partial charge on any atom is 0.435 e. The van der Waals surface area contributed by atoms with Gasteiger partial charge in [0.1, 0.15) is 17.0 Å². The van der Waals surface area contributed by atoms with E-state index < -0.39 is 47.1 Å². The van der Waals surface area contributed by atoms with Crippen molar-refractivity contribution in [2.24, 2.45) is 5.92 Å². The number of nitrogens with one attached hydrogen (secondary N) is 2. The molecule has 3 heterocycles. The lowest BCUT2D eigenvalue weighted by Crippen LogP contribution is -2.50. The molecule has 0 saturated heterocycles. The second kappa shape index (κ2) is 13.5. The highest BCUT2D eigenvalue weighted by Crippen LogP contribution is 2.36. The van der Waals surface area contributed by atoms with E-state index in [0.717, 1.165) is 30.0 Å². The zero-order valence-electron chi connectivity index (χ0n) is 26.3. The third kappa shape index (κ3) is 8.74. The monoisotopic (exact) mass is 657 g/mol. The quantitative estimate of drug-likeness (QED) is 0.193. The Morgan fingerprint density at radius 2 is 1.91 bits per heavy atom. The lowest BCUT2D eigenvalue weighted by molar-refractivity contribution is -0.739. The minimum atomic E-state index is -4.87. The van der Waals surface area contributed by atoms with E-state index in [2.05, 4.69) is 15.7 Å². The molecule has 0 spiro atoms. The number of rotatable bonds is 10. The van der Waals surface area contributed by atoms with Crippen LogP contribution in [-0.2, 0) is 22.3 Å². The van der Waals surface area contributed by atoms with E-state index in [1.54, 1.807) is 42.5 Å². The molecule has 2 N–H and O–H groups in total. The van der Waals surface area contributed by atoms with Gasteiger partial charge in [0.05, 0.1) is 5.69 Å². The van der Waals surface area contributed by atoms with Crippen molar-refractivity contribution in [1.82, 2.24) is 20.0 Å². The Bertz CT molecular complexity index is 1680. The summed E-state index contributed by atoms with van der Waals surface area (Å²) < 4.78 is 64.1. The smallest absolute Gasteiger partial charge is 0.435 e. The van der Waals surface area contributed by atoms with Gasteiger partial charge in [-0.15, -0.1) is 0 Å². The molecular formula is C33H37F4N6O4+. The molecule has 1 atom stereocenters. The van der Waals surface area contributed by atoms with Gasteiger partial charge in [-0.2, -0.15) is 22.8 Å². The summed E-state index contributed by atoms with van der Waals surface area (Å²) in [6.07, 6.45) is 5.04. The first-order valence-corrected chi connectivity index (χ1v) is 15.4. The Morgan fingerprint density at radius 1 is 1.15 bits per heavy atom. The Hall–Kier alpha value is -4.75. The van der Waals surface area contributed by atoms with Crippen LogP contribution < -0.4 is 15.2 Å². The van der Waals surface area contributed by atoms with Crippen LogP contribution in [0.25, 0.3) is 5.69 Å². The van der Waals surface area contributed by atoms with E-state index in [4.69, 9.17) is 4.74 Å². The van der Waals surface area contributed by atoms with Crippen LogP contribution in [0.15, 0.2) is 61.1 Å². The van der Waals surface area contributed by atoms with Crippen LogP contribution in [0.5, 0.6) is 0 Å².